The third-order valence-electron chi connectivity index (χ3n) is 4.30. The van der Waals surface area contributed by atoms with Crippen molar-refractivity contribution in [1.82, 2.24) is 14.6 Å². The van der Waals surface area contributed by atoms with E-state index >= 15 is 0 Å². The van der Waals surface area contributed by atoms with Gasteiger partial charge in [0, 0.05) is 16.8 Å². The molecule has 2 aromatic heterocycles. The van der Waals surface area contributed by atoms with Gasteiger partial charge in [0.2, 0.25) is 0 Å². The third-order valence-corrected chi connectivity index (χ3v) is 4.30. The zero-order chi connectivity index (χ0) is 17.8. The fourth-order valence-electron chi connectivity index (χ4n) is 2.96. The van der Waals surface area contributed by atoms with Crippen LogP contribution in [0.3, 0.4) is 0 Å². The number of rotatable bonds is 7. The molecule has 0 amide bonds. The molecule has 2 heterocycles. The Morgan fingerprint density at radius 2 is 2.00 bits per heavy atom. The lowest BCUT2D eigenvalue weighted by Gasteiger charge is -2.16. The van der Waals surface area contributed by atoms with Crippen LogP contribution in [-0.4, -0.2) is 41.8 Å². The molecule has 0 aliphatic heterocycles. The molecule has 1 aromatic carbocycles. The minimum atomic E-state index is 0.770. The molecule has 0 fully saturated rings. The van der Waals surface area contributed by atoms with E-state index in [9.17, 15) is 0 Å². The van der Waals surface area contributed by atoms with Crippen molar-refractivity contribution >= 4 is 11.5 Å². The molecule has 0 atom stereocenters. The Bertz CT molecular complexity index is 865. The molecule has 0 saturated carbocycles. The van der Waals surface area contributed by atoms with Crippen LogP contribution >= 0.6 is 0 Å². The Morgan fingerprint density at radius 1 is 1.24 bits per heavy atom. The molecule has 5 heteroatoms. The monoisotopic (exact) mass is 336 g/mol. The SMILES string of the molecule is C=CCc1c(C)nc2c(-c3ccccc3)cnn2c1NCC[NH+](C)C. The van der Waals surface area contributed by atoms with E-state index in [-0.39, 0.29) is 0 Å². The summed E-state index contributed by atoms with van der Waals surface area (Å²) in [7, 11) is 4.31. The molecule has 0 saturated heterocycles. The molecule has 0 aliphatic carbocycles. The van der Waals surface area contributed by atoms with Gasteiger partial charge in [-0.3, -0.25) is 0 Å². The van der Waals surface area contributed by atoms with Gasteiger partial charge >= 0.3 is 0 Å². The number of likely N-dealkylation sites (N-methyl/N-ethyl adjacent to an activating group) is 1. The van der Waals surface area contributed by atoms with Crippen molar-refractivity contribution in [2.75, 3.05) is 32.5 Å². The predicted molar refractivity (Wildman–Crippen MR) is 103 cm³/mol. The van der Waals surface area contributed by atoms with Gasteiger partial charge in [-0.25, -0.2) is 4.98 Å². The Morgan fingerprint density at radius 3 is 2.68 bits per heavy atom. The lowest BCUT2D eigenvalue weighted by atomic mass is 10.1. The normalized spacial score (nSPS) is 11.2. The number of benzene rings is 1. The van der Waals surface area contributed by atoms with Crippen LogP contribution in [0, 0.1) is 6.92 Å². The maximum Gasteiger partial charge on any atom is 0.165 e. The summed E-state index contributed by atoms with van der Waals surface area (Å²) < 4.78 is 1.93. The molecule has 3 aromatic rings. The average molecular weight is 336 g/mol. The number of nitrogens with zero attached hydrogens (tertiary/aromatic N) is 3. The Hall–Kier alpha value is -2.66. The largest absolute Gasteiger partial charge is 0.364 e. The van der Waals surface area contributed by atoms with E-state index in [1.165, 1.54) is 4.90 Å². The first kappa shape index (κ1) is 17.2. The number of aryl methyl sites for hydroxylation is 1. The first-order valence-corrected chi connectivity index (χ1v) is 8.68. The number of anilines is 1. The number of hydrogen-bond acceptors (Lipinski definition) is 3. The number of hydrogen-bond donors (Lipinski definition) is 2. The van der Waals surface area contributed by atoms with Gasteiger partial charge in [0.15, 0.2) is 5.65 Å². The second-order valence-corrected chi connectivity index (χ2v) is 6.56. The maximum absolute atomic E-state index is 4.84. The molecule has 0 aliphatic rings. The molecule has 0 bridgehead atoms. The van der Waals surface area contributed by atoms with Crippen LogP contribution in [0.1, 0.15) is 11.3 Å². The average Bonchev–Trinajstić information content (AvgIpc) is 3.01. The van der Waals surface area contributed by atoms with Crippen molar-refractivity contribution in [1.29, 1.82) is 0 Å². The molecule has 3 rings (SSSR count). The minimum Gasteiger partial charge on any atom is -0.364 e. The van der Waals surface area contributed by atoms with E-state index in [0.717, 1.165) is 53.4 Å². The van der Waals surface area contributed by atoms with Crippen LogP contribution in [0.5, 0.6) is 0 Å². The van der Waals surface area contributed by atoms with E-state index < -0.39 is 0 Å². The third kappa shape index (κ3) is 3.56. The van der Waals surface area contributed by atoms with Crippen LogP contribution in [0.25, 0.3) is 16.8 Å². The maximum atomic E-state index is 4.84. The topological polar surface area (TPSA) is 46.7 Å². The minimum absolute atomic E-state index is 0.770. The molecular weight excluding hydrogens is 310 g/mol. The summed E-state index contributed by atoms with van der Waals surface area (Å²) in [4.78, 5) is 6.25. The molecule has 2 N–H and O–H groups in total. The quantitative estimate of drug-likeness (QED) is 0.649. The highest BCUT2D eigenvalue weighted by Crippen LogP contribution is 2.28. The zero-order valence-corrected chi connectivity index (χ0v) is 15.2. The van der Waals surface area contributed by atoms with Gasteiger partial charge in [0.05, 0.1) is 33.4 Å². The van der Waals surface area contributed by atoms with E-state index in [2.05, 4.69) is 50.1 Å². The summed E-state index contributed by atoms with van der Waals surface area (Å²) in [6.07, 6.45) is 4.59. The summed E-state index contributed by atoms with van der Waals surface area (Å²) in [5.41, 5.74) is 5.24. The molecule has 0 unspecified atom stereocenters. The molecule has 5 nitrogen and oxygen atoms in total. The van der Waals surface area contributed by atoms with Crippen molar-refractivity contribution in [3.63, 3.8) is 0 Å². The van der Waals surface area contributed by atoms with E-state index in [1.54, 1.807) is 0 Å². The summed E-state index contributed by atoms with van der Waals surface area (Å²) >= 11 is 0. The summed E-state index contributed by atoms with van der Waals surface area (Å²) in [5.74, 6) is 1.02. The van der Waals surface area contributed by atoms with Crippen LogP contribution in [0.2, 0.25) is 0 Å². The summed E-state index contributed by atoms with van der Waals surface area (Å²) in [5, 5.41) is 8.20. The highest BCUT2D eigenvalue weighted by atomic mass is 15.3. The van der Waals surface area contributed by atoms with Gasteiger partial charge in [0.1, 0.15) is 5.82 Å². The smallest absolute Gasteiger partial charge is 0.165 e. The highest BCUT2D eigenvalue weighted by molar-refractivity contribution is 5.78. The Kier molecular flexibility index (Phi) is 5.14. The molecule has 25 heavy (non-hydrogen) atoms. The van der Waals surface area contributed by atoms with Crippen LogP contribution < -0.4 is 10.2 Å². The molecular formula is C20H26N5+. The van der Waals surface area contributed by atoms with E-state index in [1.807, 2.05) is 35.0 Å². The number of quaternary nitrogens is 1. The second kappa shape index (κ2) is 7.49. The van der Waals surface area contributed by atoms with E-state index in [4.69, 9.17) is 4.98 Å². The highest BCUT2D eigenvalue weighted by Gasteiger charge is 2.16. The summed E-state index contributed by atoms with van der Waals surface area (Å²) in [6.45, 7) is 7.86. The van der Waals surface area contributed by atoms with Crippen molar-refractivity contribution in [3.05, 3.63) is 60.4 Å². The Labute approximate surface area is 149 Å². The first-order chi connectivity index (χ1) is 12.1. The number of fused-ring (bicyclic) bond motifs is 1. The van der Waals surface area contributed by atoms with Crippen molar-refractivity contribution in [3.8, 4) is 11.1 Å². The zero-order valence-electron chi connectivity index (χ0n) is 15.2. The van der Waals surface area contributed by atoms with Crippen molar-refractivity contribution in [2.45, 2.75) is 13.3 Å². The Balaban J connectivity index is 2.11. The fraction of sp³-hybridized carbons (Fsp3) is 0.300. The van der Waals surface area contributed by atoms with E-state index in [0.29, 0.717) is 0 Å². The second-order valence-electron chi connectivity index (χ2n) is 6.56. The van der Waals surface area contributed by atoms with Gasteiger partial charge < -0.3 is 10.2 Å². The van der Waals surface area contributed by atoms with Crippen LogP contribution in [0.4, 0.5) is 5.82 Å². The fourth-order valence-corrected chi connectivity index (χ4v) is 2.96. The van der Waals surface area contributed by atoms with Crippen molar-refractivity contribution < 1.29 is 4.90 Å². The standard InChI is InChI=1S/C20H25N5/c1-5-9-17-15(2)23-20-18(16-10-7-6-8-11-16)14-22-25(20)19(17)21-12-13-24(3)4/h5-8,10-11,14,21H,1,9,12-13H2,2-4H3/p+1. The van der Waals surface area contributed by atoms with Crippen molar-refractivity contribution in [2.24, 2.45) is 0 Å². The first-order valence-electron chi connectivity index (χ1n) is 8.68. The predicted octanol–water partition coefficient (Wildman–Crippen LogP) is 1.99. The van der Waals surface area contributed by atoms with Gasteiger partial charge in [-0.15, -0.1) is 6.58 Å². The van der Waals surface area contributed by atoms with Gasteiger partial charge in [-0.1, -0.05) is 36.4 Å². The molecule has 130 valence electrons. The van der Waals surface area contributed by atoms with Crippen LogP contribution in [0.15, 0.2) is 49.2 Å². The number of allylic oxidation sites excluding steroid dienone is 1. The lowest BCUT2D eigenvalue weighted by Crippen LogP contribution is -3.06. The lowest BCUT2D eigenvalue weighted by molar-refractivity contribution is -0.856. The number of nitrogens with one attached hydrogen (secondary N) is 2. The molecule has 0 spiro atoms. The summed E-state index contributed by atoms with van der Waals surface area (Å²) in [6, 6.07) is 10.3. The van der Waals surface area contributed by atoms with Gasteiger partial charge in [-0.05, 0) is 18.9 Å². The van der Waals surface area contributed by atoms with Gasteiger partial charge in [0.25, 0.3) is 0 Å². The number of aromatic nitrogens is 3. The molecule has 0 radical (unpaired) electrons. The van der Waals surface area contributed by atoms with Gasteiger partial charge in [-0.2, -0.15) is 9.61 Å². The van der Waals surface area contributed by atoms with Crippen LogP contribution in [-0.2, 0) is 6.42 Å².